The molecule has 2 nitrogen and oxygen atoms in total. The monoisotopic (exact) mass is 196 g/mol. The molecule has 1 atom stereocenters. The molecule has 1 unspecified atom stereocenters. The van der Waals surface area contributed by atoms with Crippen LogP contribution in [0.2, 0.25) is 0 Å². The first-order valence-corrected chi connectivity index (χ1v) is 4.44. The predicted octanol–water partition coefficient (Wildman–Crippen LogP) is 1.13. The summed E-state index contributed by atoms with van der Waals surface area (Å²) in [5, 5.41) is 5.53. The van der Waals surface area contributed by atoms with Gasteiger partial charge in [0.15, 0.2) is 0 Å². The molecule has 13 heavy (non-hydrogen) atoms. The van der Waals surface area contributed by atoms with E-state index in [9.17, 15) is 13.2 Å². The molecule has 0 spiro atoms. The third kappa shape index (κ3) is 2.84. The Hall–Kier alpha value is -0.290. The van der Waals surface area contributed by atoms with Crippen molar-refractivity contribution < 1.29 is 13.2 Å². The van der Waals surface area contributed by atoms with E-state index in [2.05, 4.69) is 10.6 Å². The molecule has 0 bridgehead atoms. The fourth-order valence-electron chi connectivity index (χ4n) is 1.33. The van der Waals surface area contributed by atoms with Gasteiger partial charge in [0.1, 0.15) is 6.04 Å². The number of hydrogen-bond acceptors (Lipinski definition) is 2. The van der Waals surface area contributed by atoms with Gasteiger partial charge in [0.05, 0.1) is 0 Å². The molecule has 0 radical (unpaired) electrons. The van der Waals surface area contributed by atoms with Gasteiger partial charge in [-0.05, 0) is 5.92 Å². The quantitative estimate of drug-likeness (QED) is 0.707. The highest BCUT2D eigenvalue weighted by atomic mass is 19.4. The molecular formula is C8H15F3N2. The molecule has 0 aromatic heterocycles. The lowest BCUT2D eigenvalue weighted by Crippen LogP contribution is -2.61. The zero-order valence-electron chi connectivity index (χ0n) is 7.78. The van der Waals surface area contributed by atoms with Gasteiger partial charge in [0.25, 0.3) is 0 Å². The summed E-state index contributed by atoms with van der Waals surface area (Å²) in [5.74, 6) is -0.416. The smallest absolute Gasteiger partial charge is 0.314 e. The van der Waals surface area contributed by atoms with Gasteiger partial charge in [-0.15, -0.1) is 0 Å². The Balaban J connectivity index is 2.46. The summed E-state index contributed by atoms with van der Waals surface area (Å²) >= 11 is 0. The summed E-state index contributed by atoms with van der Waals surface area (Å²) in [5.41, 5.74) is 0. The third-order valence-electron chi connectivity index (χ3n) is 2.22. The maximum atomic E-state index is 12.4. The van der Waals surface area contributed by atoms with Crippen molar-refractivity contribution in [3.63, 3.8) is 0 Å². The van der Waals surface area contributed by atoms with Crippen LogP contribution in [-0.2, 0) is 0 Å². The van der Waals surface area contributed by atoms with Gasteiger partial charge >= 0.3 is 6.18 Å². The van der Waals surface area contributed by atoms with Crippen LogP contribution in [0.5, 0.6) is 0 Å². The first kappa shape index (κ1) is 10.8. The van der Waals surface area contributed by atoms with E-state index in [-0.39, 0.29) is 6.04 Å². The Morgan fingerprint density at radius 1 is 1.31 bits per heavy atom. The van der Waals surface area contributed by atoms with Crippen LogP contribution in [0.4, 0.5) is 13.2 Å². The van der Waals surface area contributed by atoms with E-state index in [1.54, 1.807) is 13.8 Å². The van der Waals surface area contributed by atoms with Crippen molar-refractivity contribution in [2.75, 3.05) is 13.1 Å². The maximum absolute atomic E-state index is 12.4. The molecule has 0 aromatic rings. The summed E-state index contributed by atoms with van der Waals surface area (Å²) in [7, 11) is 0. The van der Waals surface area contributed by atoms with E-state index >= 15 is 0 Å². The van der Waals surface area contributed by atoms with Crippen LogP contribution in [-0.4, -0.2) is 31.3 Å². The molecule has 0 aliphatic carbocycles. The fourth-order valence-corrected chi connectivity index (χ4v) is 1.33. The zero-order chi connectivity index (χ0) is 10.1. The minimum Gasteiger partial charge on any atom is -0.314 e. The molecule has 1 heterocycles. The van der Waals surface area contributed by atoms with Crippen LogP contribution in [0.3, 0.4) is 0 Å². The lowest BCUT2D eigenvalue weighted by Gasteiger charge is -2.35. The molecular weight excluding hydrogens is 181 g/mol. The number of nitrogens with one attached hydrogen (secondary N) is 2. The Bertz CT molecular complexity index is 163. The highest BCUT2D eigenvalue weighted by Crippen LogP contribution is 2.26. The van der Waals surface area contributed by atoms with Crippen LogP contribution < -0.4 is 10.6 Å². The summed E-state index contributed by atoms with van der Waals surface area (Å²) in [6.45, 7) is 4.44. The summed E-state index contributed by atoms with van der Waals surface area (Å²) in [6.07, 6.45) is -4.14. The maximum Gasteiger partial charge on any atom is 0.404 e. The second-order valence-corrected chi connectivity index (χ2v) is 3.79. The van der Waals surface area contributed by atoms with E-state index in [1.165, 1.54) is 0 Å². The van der Waals surface area contributed by atoms with Crippen LogP contribution in [0, 0.1) is 5.92 Å². The van der Waals surface area contributed by atoms with Crippen molar-refractivity contribution in [2.45, 2.75) is 32.1 Å². The van der Waals surface area contributed by atoms with E-state index in [0.29, 0.717) is 13.1 Å². The zero-order valence-corrected chi connectivity index (χ0v) is 7.78. The Labute approximate surface area is 75.9 Å². The first-order chi connectivity index (χ1) is 5.91. The van der Waals surface area contributed by atoms with Crippen molar-refractivity contribution in [1.29, 1.82) is 0 Å². The van der Waals surface area contributed by atoms with Crippen molar-refractivity contribution in [3.8, 4) is 0 Å². The van der Waals surface area contributed by atoms with E-state index < -0.39 is 18.1 Å². The average molecular weight is 196 g/mol. The van der Waals surface area contributed by atoms with Crippen LogP contribution in [0.15, 0.2) is 0 Å². The van der Waals surface area contributed by atoms with Gasteiger partial charge in [-0.1, -0.05) is 13.8 Å². The Morgan fingerprint density at radius 3 is 2.08 bits per heavy atom. The van der Waals surface area contributed by atoms with E-state index in [0.717, 1.165) is 0 Å². The van der Waals surface area contributed by atoms with Crippen molar-refractivity contribution >= 4 is 0 Å². The van der Waals surface area contributed by atoms with E-state index in [4.69, 9.17) is 0 Å². The molecule has 2 N–H and O–H groups in total. The molecule has 78 valence electrons. The van der Waals surface area contributed by atoms with Crippen LogP contribution >= 0.6 is 0 Å². The van der Waals surface area contributed by atoms with Gasteiger partial charge in [-0.3, -0.25) is 0 Å². The molecule has 1 aliphatic rings. The standard InChI is InChI=1S/C8H15F3N2/c1-5(2)7(8(9,10)11)13-6-3-12-4-6/h5-7,12-13H,3-4H2,1-2H3. The molecule has 1 saturated heterocycles. The SMILES string of the molecule is CC(C)C(NC1CNC1)C(F)(F)F. The average Bonchev–Trinajstić information content (AvgIpc) is 1.79. The molecule has 1 rings (SSSR count). The van der Waals surface area contributed by atoms with E-state index in [1.807, 2.05) is 0 Å². The Morgan fingerprint density at radius 2 is 1.85 bits per heavy atom. The predicted molar refractivity (Wildman–Crippen MR) is 44.5 cm³/mol. The van der Waals surface area contributed by atoms with Crippen molar-refractivity contribution in [2.24, 2.45) is 5.92 Å². The van der Waals surface area contributed by atoms with Crippen LogP contribution in [0.1, 0.15) is 13.8 Å². The van der Waals surface area contributed by atoms with Gasteiger partial charge in [-0.2, -0.15) is 13.2 Å². The molecule has 5 heteroatoms. The van der Waals surface area contributed by atoms with Gasteiger partial charge in [0.2, 0.25) is 0 Å². The summed E-state index contributed by atoms with van der Waals surface area (Å²) in [4.78, 5) is 0. The van der Waals surface area contributed by atoms with Crippen molar-refractivity contribution in [3.05, 3.63) is 0 Å². The number of hydrogen-bond donors (Lipinski definition) is 2. The molecule has 1 fully saturated rings. The normalized spacial score (nSPS) is 21.7. The minimum atomic E-state index is -4.14. The highest BCUT2D eigenvalue weighted by Gasteiger charge is 2.42. The van der Waals surface area contributed by atoms with Gasteiger partial charge in [-0.25, -0.2) is 0 Å². The topological polar surface area (TPSA) is 24.1 Å². The molecule has 1 aliphatic heterocycles. The third-order valence-corrected chi connectivity index (χ3v) is 2.22. The Kier molecular flexibility index (Phi) is 3.18. The van der Waals surface area contributed by atoms with Gasteiger partial charge < -0.3 is 10.6 Å². The molecule has 0 amide bonds. The molecule has 0 aromatic carbocycles. The highest BCUT2D eigenvalue weighted by molar-refractivity contribution is 4.88. The second-order valence-electron chi connectivity index (χ2n) is 3.79. The minimum absolute atomic E-state index is 0.0194. The second kappa shape index (κ2) is 3.84. The van der Waals surface area contributed by atoms with Gasteiger partial charge in [0, 0.05) is 19.1 Å². The fraction of sp³-hybridized carbons (Fsp3) is 1.00. The lowest BCUT2D eigenvalue weighted by atomic mass is 10.0. The molecule has 0 saturated carbocycles. The first-order valence-electron chi connectivity index (χ1n) is 4.44. The number of rotatable bonds is 3. The lowest BCUT2D eigenvalue weighted by molar-refractivity contribution is -0.168. The largest absolute Gasteiger partial charge is 0.404 e. The van der Waals surface area contributed by atoms with Crippen LogP contribution in [0.25, 0.3) is 0 Å². The summed E-state index contributed by atoms with van der Waals surface area (Å²) < 4.78 is 37.2. The number of alkyl halides is 3. The summed E-state index contributed by atoms with van der Waals surface area (Å²) in [6, 6.07) is -1.39. The van der Waals surface area contributed by atoms with Crippen molar-refractivity contribution in [1.82, 2.24) is 10.6 Å². The number of halogens is 3.